The molecule has 0 aliphatic rings. The highest BCUT2D eigenvalue weighted by Crippen LogP contribution is 2.22. The number of carbonyl (C=O) groups is 1. The standard InChI is InChI=1S/C25H26N2O2/c1-25(2,3)22-13-11-21(12-14-22)24(28)27-26-17-19-9-15-23(16-10-19)29-18-20-7-5-4-6-8-20/h4-17H,18H2,1-3H3,(H,27,28)/b26-17-. The fourth-order valence-electron chi connectivity index (χ4n) is 2.74. The molecule has 0 radical (unpaired) electrons. The molecule has 0 unspecified atom stereocenters. The number of hydrogen-bond acceptors (Lipinski definition) is 3. The molecule has 3 rings (SSSR count). The van der Waals surface area contributed by atoms with Crippen LogP contribution in [-0.4, -0.2) is 12.1 Å². The molecule has 4 nitrogen and oxygen atoms in total. The van der Waals surface area contributed by atoms with E-state index in [1.807, 2.05) is 78.9 Å². The van der Waals surface area contributed by atoms with Gasteiger partial charge < -0.3 is 4.74 Å². The van der Waals surface area contributed by atoms with Gasteiger partial charge in [0.15, 0.2) is 0 Å². The SMILES string of the molecule is CC(C)(C)c1ccc(C(=O)N/N=C\c2ccc(OCc3ccccc3)cc2)cc1. The van der Waals surface area contributed by atoms with Gasteiger partial charge in [0.25, 0.3) is 5.91 Å². The van der Waals surface area contributed by atoms with Crippen molar-refractivity contribution >= 4 is 12.1 Å². The van der Waals surface area contributed by atoms with Crippen molar-refractivity contribution in [2.45, 2.75) is 32.8 Å². The number of rotatable bonds is 6. The average Bonchev–Trinajstić information content (AvgIpc) is 2.73. The van der Waals surface area contributed by atoms with Crippen molar-refractivity contribution < 1.29 is 9.53 Å². The van der Waals surface area contributed by atoms with Crippen molar-refractivity contribution in [2.75, 3.05) is 0 Å². The van der Waals surface area contributed by atoms with E-state index in [9.17, 15) is 4.79 Å². The molecule has 3 aromatic rings. The topological polar surface area (TPSA) is 50.7 Å². The number of benzene rings is 3. The van der Waals surface area contributed by atoms with Gasteiger partial charge >= 0.3 is 0 Å². The highest BCUT2D eigenvalue weighted by Gasteiger charge is 2.14. The van der Waals surface area contributed by atoms with E-state index in [-0.39, 0.29) is 11.3 Å². The lowest BCUT2D eigenvalue weighted by Crippen LogP contribution is -2.18. The molecule has 0 saturated heterocycles. The Hall–Kier alpha value is -3.40. The first kappa shape index (κ1) is 20.3. The second kappa shape index (κ2) is 9.20. The van der Waals surface area contributed by atoms with E-state index >= 15 is 0 Å². The van der Waals surface area contributed by atoms with E-state index in [1.165, 1.54) is 5.56 Å². The molecule has 3 aromatic carbocycles. The molecular formula is C25H26N2O2. The largest absolute Gasteiger partial charge is 0.489 e. The van der Waals surface area contributed by atoms with Crippen LogP contribution in [0.25, 0.3) is 0 Å². The zero-order valence-corrected chi connectivity index (χ0v) is 17.1. The number of carbonyl (C=O) groups excluding carboxylic acids is 1. The monoisotopic (exact) mass is 386 g/mol. The molecular weight excluding hydrogens is 360 g/mol. The fraction of sp³-hybridized carbons (Fsp3) is 0.200. The molecule has 0 aromatic heterocycles. The second-order valence-electron chi connectivity index (χ2n) is 7.87. The van der Waals surface area contributed by atoms with Gasteiger partial charge in [-0.2, -0.15) is 5.10 Å². The maximum absolute atomic E-state index is 12.2. The van der Waals surface area contributed by atoms with Crippen LogP contribution in [0.5, 0.6) is 5.75 Å². The van der Waals surface area contributed by atoms with Gasteiger partial charge in [0.1, 0.15) is 12.4 Å². The smallest absolute Gasteiger partial charge is 0.271 e. The van der Waals surface area contributed by atoms with Gasteiger partial charge in [-0.05, 0) is 58.5 Å². The van der Waals surface area contributed by atoms with Crippen molar-refractivity contribution in [2.24, 2.45) is 5.10 Å². The van der Waals surface area contributed by atoms with Crippen LogP contribution >= 0.6 is 0 Å². The van der Waals surface area contributed by atoms with Gasteiger partial charge in [-0.15, -0.1) is 0 Å². The minimum absolute atomic E-state index is 0.0597. The summed E-state index contributed by atoms with van der Waals surface area (Å²) in [4.78, 5) is 12.2. The Morgan fingerprint density at radius 3 is 2.21 bits per heavy atom. The van der Waals surface area contributed by atoms with Crippen molar-refractivity contribution in [3.8, 4) is 5.75 Å². The summed E-state index contributed by atoms with van der Waals surface area (Å²) < 4.78 is 5.77. The molecule has 1 amide bonds. The van der Waals surface area contributed by atoms with Crippen molar-refractivity contribution in [3.05, 3.63) is 101 Å². The molecule has 0 atom stereocenters. The van der Waals surface area contributed by atoms with E-state index in [1.54, 1.807) is 6.21 Å². The minimum Gasteiger partial charge on any atom is -0.489 e. The first-order valence-electron chi connectivity index (χ1n) is 9.62. The van der Waals surface area contributed by atoms with E-state index in [4.69, 9.17) is 4.74 Å². The average molecular weight is 386 g/mol. The van der Waals surface area contributed by atoms with Crippen molar-refractivity contribution in [3.63, 3.8) is 0 Å². The van der Waals surface area contributed by atoms with E-state index < -0.39 is 0 Å². The maximum Gasteiger partial charge on any atom is 0.271 e. The van der Waals surface area contributed by atoms with Crippen LogP contribution in [0.1, 0.15) is 47.8 Å². The van der Waals surface area contributed by atoms with Crippen LogP contribution in [0.3, 0.4) is 0 Å². The first-order chi connectivity index (χ1) is 13.9. The fourth-order valence-corrected chi connectivity index (χ4v) is 2.74. The van der Waals surface area contributed by atoms with Crippen LogP contribution in [0.4, 0.5) is 0 Å². The summed E-state index contributed by atoms with van der Waals surface area (Å²) in [6, 6.07) is 25.2. The maximum atomic E-state index is 12.2. The van der Waals surface area contributed by atoms with Crippen LogP contribution < -0.4 is 10.2 Å². The molecule has 4 heteroatoms. The third-order valence-electron chi connectivity index (χ3n) is 4.52. The summed E-state index contributed by atoms with van der Waals surface area (Å²) in [5.74, 6) is 0.554. The van der Waals surface area contributed by atoms with Crippen LogP contribution in [-0.2, 0) is 12.0 Å². The van der Waals surface area contributed by atoms with Crippen molar-refractivity contribution in [1.82, 2.24) is 5.43 Å². The second-order valence-corrected chi connectivity index (χ2v) is 7.87. The Kier molecular flexibility index (Phi) is 6.45. The lowest BCUT2D eigenvalue weighted by atomic mass is 9.87. The normalized spacial score (nSPS) is 11.4. The lowest BCUT2D eigenvalue weighted by Gasteiger charge is -2.18. The number of hydrazone groups is 1. The van der Waals surface area contributed by atoms with E-state index in [0.717, 1.165) is 16.9 Å². The zero-order valence-electron chi connectivity index (χ0n) is 17.1. The van der Waals surface area contributed by atoms with Crippen LogP contribution in [0.2, 0.25) is 0 Å². The Morgan fingerprint density at radius 2 is 1.59 bits per heavy atom. The number of nitrogens with one attached hydrogen (secondary N) is 1. The summed E-state index contributed by atoms with van der Waals surface area (Å²) in [6.07, 6.45) is 1.61. The Balaban J connectivity index is 1.51. The van der Waals surface area contributed by atoms with Gasteiger partial charge in [0.2, 0.25) is 0 Å². The lowest BCUT2D eigenvalue weighted by molar-refractivity contribution is 0.0955. The molecule has 1 N–H and O–H groups in total. The Morgan fingerprint density at radius 1 is 0.931 bits per heavy atom. The summed E-state index contributed by atoms with van der Waals surface area (Å²) >= 11 is 0. The number of hydrogen-bond donors (Lipinski definition) is 1. The molecule has 0 spiro atoms. The quantitative estimate of drug-likeness (QED) is 0.460. The molecule has 0 heterocycles. The molecule has 0 aliphatic heterocycles. The summed E-state index contributed by atoms with van der Waals surface area (Å²) in [5, 5.41) is 4.05. The molecule has 0 fully saturated rings. The van der Waals surface area contributed by atoms with Crippen LogP contribution in [0.15, 0.2) is 84.0 Å². The van der Waals surface area contributed by atoms with Crippen LogP contribution in [0, 0.1) is 0 Å². The summed E-state index contributed by atoms with van der Waals surface area (Å²) in [6.45, 7) is 6.96. The van der Waals surface area contributed by atoms with Gasteiger partial charge in [-0.25, -0.2) is 5.43 Å². The van der Waals surface area contributed by atoms with Gasteiger partial charge in [0.05, 0.1) is 6.21 Å². The highest BCUT2D eigenvalue weighted by molar-refractivity contribution is 5.94. The Bertz CT molecular complexity index is 954. The van der Waals surface area contributed by atoms with Gasteiger partial charge in [0, 0.05) is 5.56 Å². The summed E-state index contributed by atoms with van der Waals surface area (Å²) in [7, 11) is 0. The highest BCUT2D eigenvalue weighted by atomic mass is 16.5. The summed E-state index contributed by atoms with van der Waals surface area (Å²) in [5.41, 5.74) is 6.39. The molecule has 148 valence electrons. The first-order valence-corrected chi connectivity index (χ1v) is 9.62. The third-order valence-corrected chi connectivity index (χ3v) is 4.52. The molecule has 29 heavy (non-hydrogen) atoms. The zero-order chi connectivity index (χ0) is 20.7. The van der Waals surface area contributed by atoms with E-state index in [2.05, 4.69) is 31.3 Å². The van der Waals surface area contributed by atoms with Gasteiger partial charge in [-0.3, -0.25) is 4.79 Å². The predicted octanol–water partition coefficient (Wildman–Crippen LogP) is 5.33. The predicted molar refractivity (Wildman–Crippen MR) is 117 cm³/mol. The Labute approximate surface area is 172 Å². The number of nitrogens with zero attached hydrogens (tertiary/aromatic N) is 1. The molecule has 0 saturated carbocycles. The number of amides is 1. The van der Waals surface area contributed by atoms with Gasteiger partial charge in [-0.1, -0.05) is 63.2 Å². The van der Waals surface area contributed by atoms with E-state index in [0.29, 0.717) is 12.2 Å². The molecule has 0 bridgehead atoms. The number of ether oxygens (including phenoxy) is 1. The molecule has 0 aliphatic carbocycles. The minimum atomic E-state index is -0.232. The third kappa shape index (κ3) is 6.04. The van der Waals surface area contributed by atoms with Crippen molar-refractivity contribution in [1.29, 1.82) is 0 Å².